The SMILES string of the molecule is O=C(C[NH+]1CC[NH+](Cc2ccccc2)CC1)Nc1ccc(Cl)cc1F. The van der Waals surface area contributed by atoms with Crippen molar-refractivity contribution in [2.75, 3.05) is 38.0 Å². The molecule has 0 saturated carbocycles. The smallest absolute Gasteiger partial charge is 0.279 e. The summed E-state index contributed by atoms with van der Waals surface area (Å²) in [5, 5.41) is 2.95. The van der Waals surface area contributed by atoms with Gasteiger partial charge in [0.2, 0.25) is 0 Å². The first-order chi connectivity index (χ1) is 12.1. The standard InChI is InChI=1S/C19H21ClFN3O/c20-16-6-7-18(17(21)12-16)22-19(25)14-24-10-8-23(9-11-24)13-15-4-2-1-3-5-15/h1-7,12H,8-11,13-14H2,(H,22,25)/p+2. The van der Waals surface area contributed by atoms with Crippen LogP contribution in [-0.2, 0) is 11.3 Å². The molecule has 2 aromatic rings. The molecule has 4 nitrogen and oxygen atoms in total. The molecule has 25 heavy (non-hydrogen) atoms. The molecule has 0 bridgehead atoms. The highest BCUT2D eigenvalue weighted by atomic mass is 35.5. The number of rotatable bonds is 5. The fourth-order valence-electron chi connectivity index (χ4n) is 3.21. The molecule has 3 rings (SSSR count). The van der Waals surface area contributed by atoms with Gasteiger partial charge in [-0.1, -0.05) is 41.9 Å². The zero-order chi connectivity index (χ0) is 17.6. The molecule has 6 heteroatoms. The third-order valence-corrected chi connectivity index (χ3v) is 4.81. The van der Waals surface area contributed by atoms with E-state index < -0.39 is 5.82 Å². The van der Waals surface area contributed by atoms with Crippen molar-refractivity contribution in [3.05, 3.63) is 64.9 Å². The predicted molar refractivity (Wildman–Crippen MR) is 96.4 cm³/mol. The highest BCUT2D eigenvalue weighted by Crippen LogP contribution is 2.18. The lowest BCUT2D eigenvalue weighted by atomic mass is 10.2. The van der Waals surface area contributed by atoms with Gasteiger partial charge >= 0.3 is 0 Å². The lowest BCUT2D eigenvalue weighted by Gasteiger charge is -2.29. The second kappa shape index (κ2) is 8.43. The molecule has 132 valence electrons. The number of amides is 1. The van der Waals surface area contributed by atoms with Crippen molar-refractivity contribution in [1.82, 2.24) is 0 Å². The van der Waals surface area contributed by atoms with Gasteiger partial charge in [-0.25, -0.2) is 4.39 Å². The van der Waals surface area contributed by atoms with Crippen LogP contribution in [0.5, 0.6) is 0 Å². The molecular formula is C19H23ClFN3O+2. The Morgan fingerprint density at radius 1 is 1.04 bits per heavy atom. The summed E-state index contributed by atoms with van der Waals surface area (Å²) in [5.41, 5.74) is 1.53. The number of piperazine rings is 1. The number of carbonyl (C=O) groups is 1. The molecule has 1 amide bonds. The largest absolute Gasteiger partial charge is 0.322 e. The van der Waals surface area contributed by atoms with E-state index in [1.165, 1.54) is 22.6 Å². The van der Waals surface area contributed by atoms with Gasteiger partial charge in [-0.3, -0.25) is 4.79 Å². The summed E-state index contributed by atoms with van der Waals surface area (Å²) in [4.78, 5) is 14.9. The monoisotopic (exact) mass is 363 g/mol. The molecule has 1 fully saturated rings. The van der Waals surface area contributed by atoms with Gasteiger partial charge in [-0.15, -0.1) is 0 Å². The number of quaternary nitrogens is 2. The molecule has 1 aliphatic heterocycles. The fraction of sp³-hybridized carbons (Fsp3) is 0.316. The Labute approximate surface area is 152 Å². The van der Waals surface area contributed by atoms with Gasteiger partial charge in [0.15, 0.2) is 6.54 Å². The Morgan fingerprint density at radius 2 is 1.72 bits per heavy atom. The molecule has 3 N–H and O–H groups in total. The maximum absolute atomic E-state index is 13.7. The van der Waals surface area contributed by atoms with Crippen molar-refractivity contribution in [3.8, 4) is 0 Å². The number of anilines is 1. The summed E-state index contributed by atoms with van der Waals surface area (Å²) in [7, 11) is 0. The lowest BCUT2D eigenvalue weighted by Crippen LogP contribution is -3.28. The maximum atomic E-state index is 13.7. The lowest BCUT2D eigenvalue weighted by molar-refractivity contribution is -1.02. The molecule has 0 aliphatic carbocycles. The summed E-state index contributed by atoms with van der Waals surface area (Å²) in [6, 6.07) is 14.7. The zero-order valence-electron chi connectivity index (χ0n) is 14.0. The molecule has 0 aromatic heterocycles. The van der Waals surface area contributed by atoms with Crippen LogP contribution < -0.4 is 15.1 Å². The number of hydrogen-bond donors (Lipinski definition) is 3. The van der Waals surface area contributed by atoms with Gasteiger partial charge in [-0.05, 0) is 18.2 Å². The third kappa shape index (κ3) is 5.26. The molecule has 1 heterocycles. The van der Waals surface area contributed by atoms with Crippen LogP contribution in [0.2, 0.25) is 5.02 Å². The molecule has 0 spiro atoms. The minimum absolute atomic E-state index is 0.164. The summed E-state index contributed by atoms with van der Waals surface area (Å²) < 4.78 is 13.7. The Bertz CT molecular complexity index is 718. The first kappa shape index (κ1) is 17.9. The summed E-state index contributed by atoms with van der Waals surface area (Å²) in [6.07, 6.45) is 0. The van der Waals surface area contributed by atoms with Crippen molar-refractivity contribution in [3.63, 3.8) is 0 Å². The fourth-order valence-corrected chi connectivity index (χ4v) is 3.37. The van der Waals surface area contributed by atoms with Crippen LogP contribution in [0, 0.1) is 5.82 Å². The van der Waals surface area contributed by atoms with Crippen LogP contribution in [0.1, 0.15) is 5.56 Å². The Hall–Kier alpha value is -1.95. The van der Waals surface area contributed by atoms with Crippen LogP contribution in [0.25, 0.3) is 0 Å². The van der Waals surface area contributed by atoms with E-state index >= 15 is 0 Å². The third-order valence-electron chi connectivity index (χ3n) is 4.58. The summed E-state index contributed by atoms with van der Waals surface area (Å²) in [5.74, 6) is -0.671. The van der Waals surface area contributed by atoms with Crippen LogP contribution in [0.3, 0.4) is 0 Å². The van der Waals surface area contributed by atoms with Crippen LogP contribution in [0.4, 0.5) is 10.1 Å². The minimum atomic E-state index is -0.507. The second-order valence-electron chi connectivity index (χ2n) is 6.51. The number of hydrogen-bond acceptors (Lipinski definition) is 1. The average Bonchev–Trinajstić information content (AvgIpc) is 2.60. The maximum Gasteiger partial charge on any atom is 0.279 e. The first-order valence-corrected chi connectivity index (χ1v) is 8.94. The van der Waals surface area contributed by atoms with Gasteiger partial charge in [0.05, 0.1) is 5.69 Å². The highest BCUT2D eigenvalue weighted by molar-refractivity contribution is 6.30. The Balaban J connectivity index is 1.44. The van der Waals surface area contributed by atoms with Gasteiger partial charge in [-0.2, -0.15) is 0 Å². The van der Waals surface area contributed by atoms with E-state index in [2.05, 4.69) is 29.6 Å². The second-order valence-corrected chi connectivity index (χ2v) is 6.95. The molecule has 0 unspecified atom stereocenters. The van der Waals surface area contributed by atoms with Gasteiger partial charge in [0, 0.05) is 10.6 Å². The topological polar surface area (TPSA) is 38.0 Å². The number of carbonyl (C=O) groups excluding carboxylic acids is 1. The van der Waals surface area contributed by atoms with Crippen molar-refractivity contribution in [1.29, 1.82) is 0 Å². The molecule has 2 aromatic carbocycles. The van der Waals surface area contributed by atoms with Gasteiger partial charge in [0.1, 0.15) is 38.5 Å². The van der Waals surface area contributed by atoms with Crippen LogP contribution in [-0.4, -0.2) is 38.6 Å². The number of halogens is 2. The van der Waals surface area contributed by atoms with E-state index in [-0.39, 0.29) is 11.6 Å². The number of nitrogens with one attached hydrogen (secondary N) is 3. The van der Waals surface area contributed by atoms with Gasteiger partial charge < -0.3 is 15.1 Å². The van der Waals surface area contributed by atoms with Crippen molar-refractivity contribution in [2.45, 2.75) is 6.54 Å². The van der Waals surface area contributed by atoms with E-state index in [0.29, 0.717) is 11.6 Å². The van der Waals surface area contributed by atoms with Crippen molar-refractivity contribution >= 4 is 23.2 Å². The van der Waals surface area contributed by atoms with Gasteiger partial charge in [0.25, 0.3) is 5.91 Å². The number of benzene rings is 2. The first-order valence-electron chi connectivity index (χ1n) is 8.56. The van der Waals surface area contributed by atoms with E-state index in [1.807, 2.05) is 6.07 Å². The normalized spacial score (nSPS) is 20.2. The van der Waals surface area contributed by atoms with E-state index in [1.54, 1.807) is 11.0 Å². The molecule has 1 aliphatic rings. The zero-order valence-corrected chi connectivity index (χ0v) is 14.8. The quantitative estimate of drug-likeness (QED) is 0.707. The summed E-state index contributed by atoms with van der Waals surface area (Å²) >= 11 is 5.72. The molecule has 0 atom stereocenters. The Kier molecular flexibility index (Phi) is 6.02. The van der Waals surface area contributed by atoms with Crippen molar-refractivity contribution < 1.29 is 19.0 Å². The molecule has 1 saturated heterocycles. The highest BCUT2D eigenvalue weighted by Gasteiger charge is 2.25. The predicted octanol–water partition coefficient (Wildman–Crippen LogP) is 0.401. The summed E-state index contributed by atoms with van der Waals surface area (Å²) in [6.45, 7) is 5.34. The molecular weight excluding hydrogens is 341 g/mol. The van der Waals surface area contributed by atoms with E-state index in [9.17, 15) is 9.18 Å². The van der Waals surface area contributed by atoms with E-state index in [4.69, 9.17) is 11.6 Å². The van der Waals surface area contributed by atoms with E-state index in [0.717, 1.165) is 32.7 Å². The Morgan fingerprint density at radius 3 is 2.40 bits per heavy atom. The van der Waals surface area contributed by atoms with Crippen LogP contribution in [0.15, 0.2) is 48.5 Å². The average molecular weight is 364 g/mol. The molecule has 0 radical (unpaired) electrons. The minimum Gasteiger partial charge on any atom is -0.322 e. The van der Waals surface area contributed by atoms with Crippen molar-refractivity contribution in [2.24, 2.45) is 0 Å². The van der Waals surface area contributed by atoms with Crippen LogP contribution >= 0.6 is 11.6 Å².